The van der Waals surface area contributed by atoms with Crippen LogP contribution in [-0.4, -0.2) is 17.6 Å². The first-order valence-electron chi connectivity index (χ1n) is 4.71. The molecular formula is C10H18FNO. The summed E-state index contributed by atoms with van der Waals surface area (Å²) in [6.07, 6.45) is 0.906. The van der Waals surface area contributed by atoms with Gasteiger partial charge in [0.25, 0.3) is 0 Å². The molecule has 76 valence electrons. The second kappa shape index (κ2) is 2.96. The van der Waals surface area contributed by atoms with Gasteiger partial charge in [0.2, 0.25) is 5.91 Å². The molecule has 3 heteroatoms. The van der Waals surface area contributed by atoms with Crippen LogP contribution in [0.15, 0.2) is 0 Å². The summed E-state index contributed by atoms with van der Waals surface area (Å²) in [7, 11) is 0. The fourth-order valence-electron chi connectivity index (χ4n) is 1.47. The van der Waals surface area contributed by atoms with E-state index in [-0.39, 0.29) is 17.4 Å². The number of carbonyl (C=O) groups is 1. The Morgan fingerprint density at radius 3 is 2.23 bits per heavy atom. The van der Waals surface area contributed by atoms with Gasteiger partial charge in [-0.25, -0.2) is 4.39 Å². The van der Waals surface area contributed by atoms with E-state index in [2.05, 4.69) is 5.32 Å². The average Bonchev–Trinajstić information content (AvgIpc) is 1.80. The van der Waals surface area contributed by atoms with Crippen molar-refractivity contribution < 1.29 is 9.18 Å². The molecule has 0 atom stereocenters. The van der Waals surface area contributed by atoms with Crippen LogP contribution in [0.2, 0.25) is 0 Å². The summed E-state index contributed by atoms with van der Waals surface area (Å²) in [4.78, 5) is 11.4. The lowest BCUT2D eigenvalue weighted by atomic mass is 9.78. The molecule has 1 fully saturated rings. The molecule has 0 aromatic heterocycles. The summed E-state index contributed by atoms with van der Waals surface area (Å²) < 4.78 is 13.1. The molecule has 0 bridgehead atoms. The smallest absolute Gasteiger partial charge is 0.225 e. The Hall–Kier alpha value is -0.600. The normalized spacial score (nSPS) is 33.8. The van der Waals surface area contributed by atoms with Gasteiger partial charge in [0.1, 0.15) is 5.67 Å². The number of halogens is 1. The lowest BCUT2D eigenvalue weighted by molar-refractivity contribution is -0.131. The van der Waals surface area contributed by atoms with Gasteiger partial charge in [-0.3, -0.25) is 4.79 Å². The fraction of sp³-hybridized carbons (Fsp3) is 0.900. The van der Waals surface area contributed by atoms with Gasteiger partial charge in [0.15, 0.2) is 0 Å². The predicted molar refractivity (Wildman–Crippen MR) is 50.1 cm³/mol. The predicted octanol–water partition coefficient (Wildman–Crippen LogP) is 2.04. The lowest BCUT2D eigenvalue weighted by Crippen LogP contribution is -2.53. The van der Waals surface area contributed by atoms with Gasteiger partial charge in [0.05, 0.1) is 0 Å². The Morgan fingerprint density at radius 2 is 1.92 bits per heavy atom. The number of carbonyl (C=O) groups excluding carboxylic acids is 1. The number of amides is 1. The number of nitrogens with one attached hydrogen (secondary N) is 1. The van der Waals surface area contributed by atoms with Crippen molar-refractivity contribution in [3.8, 4) is 0 Å². The first-order valence-corrected chi connectivity index (χ1v) is 4.71. The first-order chi connectivity index (χ1) is 5.71. The van der Waals surface area contributed by atoms with Gasteiger partial charge in [-0.15, -0.1) is 0 Å². The van der Waals surface area contributed by atoms with Crippen LogP contribution in [0.4, 0.5) is 4.39 Å². The largest absolute Gasteiger partial charge is 0.353 e. The molecule has 1 saturated carbocycles. The number of rotatable bonds is 1. The maximum absolute atomic E-state index is 13.1. The van der Waals surface area contributed by atoms with Crippen molar-refractivity contribution in [2.75, 3.05) is 0 Å². The summed E-state index contributed by atoms with van der Waals surface area (Å²) in [5, 5.41) is 2.83. The highest BCUT2D eigenvalue weighted by atomic mass is 19.1. The molecule has 0 spiro atoms. The Kier molecular flexibility index (Phi) is 2.39. The van der Waals surface area contributed by atoms with Crippen molar-refractivity contribution in [1.82, 2.24) is 5.32 Å². The topological polar surface area (TPSA) is 29.1 Å². The molecule has 0 heterocycles. The molecular weight excluding hydrogens is 169 g/mol. The molecule has 1 amide bonds. The van der Waals surface area contributed by atoms with Gasteiger partial charge < -0.3 is 5.32 Å². The van der Waals surface area contributed by atoms with E-state index in [1.807, 2.05) is 20.8 Å². The molecule has 1 aliphatic carbocycles. The Labute approximate surface area is 78.9 Å². The zero-order chi connectivity index (χ0) is 10.3. The van der Waals surface area contributed by atoms with Crippen molar-refractivity contribution >= 4 is 5.91 Å². The monoisotopic (exact) mass is 187 g/mol. The highest BCUT2D eigenvalue weighted by Gasteiger charge is 2.42. The van der Waals surface area contributed by atoms with E-state index in [0.29, 0.717) is 12.8 Å². The molecule has 0 aliphatic heterocycles. The first kappa shape index (κ1) is 10.5. The summed E-state index contributed by atoms with van der Waals surface area (Å²) >= 11 is 0. The van der Waals surface area contributed by atoms with E-state index in [4.69, 9.17) is 0 Å². The van der Waals surface area contributed by atoms with Crippen LogP contribution in [0.25, 0.3) is 0 Å². The minimum atomic E-state index is -1.06. The molecule has 0 unspecified atom stereocenters. The third-order valence-corrected chi connectivity index (χ3v) is 2.36. The average molecular weight is 187 g/mol. The van der Waals surface area contributed by atoms with E-state index in [9.17, 15) is 9.18 Å². The zero-order valence-corrected chi connectivity index (χ0v) is 8.78. The molecule has 1 aliphatic rings. The van der Waals surface area contributed by atoms with Crippen molar-refractivity contribution in [2.24, 2.45) is 5.41 Å². The second-order valence-electron chi connectivity index (χ2n) is 5.24. The minimum absolute atomic E-state index is 0.00741. The van der Waals surface area contributed by atoms with Crippen LogP contribution < -0.4 is 5.32 Å². The van der Waals surface area contributed by atoms with Crippen molar-refractivity contribution in [3.05, 3.63) is 0 Å². The van der Waals surface area contributed by atoms with Crippen LogP contribution in [0.5, 0.6) is 0 Å². The van der Waals surface area contributed by atoms with Gasteiger partial charge in [-0.1, -0.05) is 20.8 Å². The minimum Gasteiger partial charge on any atom is -0.353 e. The number of hydrogen-bond donors (Lipinski definition) is 1. The van der Waals surface area contributed by atoms with E-state index < -0.39 is 5.67 Å². The third kappa shape index (κ3) is 2.68. The van der Waals surface area contributed by atoms with Gasteiger partial charge >= 0.3 is 0 Å². The standard InChI is InChI=1S/C10H18FNO/c1-9(2,3)8(13)12-7-5-10(4,11)6-7/h7H,5-6H2,1-4H3,(H,12,13). The molecule has 1 rings (SSSR count). The SMILES string of the molecule is CC1(F)CC(NC(=O)C(C)(C)C)C1. The maximum Gasteiger partial charge on any atom is 0.225 e. The van der Waals surface area contributed by atoms with Gasteiger partial charge in [-0.2, -0.15) is 0 Å². The summed E-state index contributed by atoms with van der Waals surface area (Å²) in [5.74, 6) is 0.00741. The number of alkyl halides is 1. The zero-order valence-electron chi connectivity index (χ0n) is 8.78. The molecule has 0 aromatic rings. The Bertz CT molecular complexity index is 209. The molecule has 2 nitrogen and oxygen atoms in total. The summed E-state index contributed by atoms with van der Waals surface area (Å²) in [5.41, 5.74) is -1.43. The molecule has 13 heavy (non-hydrogen) atoms. The quantitative estimate of drug-likeness (QED) is 0.668. The van der Waals surface area contributed by atoms with Crippen LogP contribution in [-0.2, 0) is 4.79 Å². The molecule has 0 saturated heterocycles. The summed E-state index contributed by atoms with van der Waals surface area (Å²) in [6, 6.07) is 0.0433. The van der Waals surface area contributed by atoms with E-state index >= 15 is 0 Å². The highest BCUT2D eigenvalue weighted by Crippen LogP contribution is 2.35. The lowest BCUT2D eigenvalue weighted by Gasteiger charge is -2.40. The van der Waals surface area contributed by atoms with E-state index in [1.54, 1.807) is 6.92 Å². The number of hydrogen-bond acceptors (Lipinski definition) is 1. The van der Waals surface area contributed by atoms with Crippen LogP contribution in [0.3, 0.4) is 0 Å². The fourth-order valence-corrected chi connectivity index (χ4v) is 1.47. The second-order valence-corrected chi connectivity index (χ2v) is 5.24. The van der Waals surface area contributed by atoms with Gasteiger partial charge in [-0.05, 0) is 6.92 Å². The maximum atomic E-state index is 13.1. The van der Waals surface area contributed by atoms with Crippen LogP contribution in [0.1, 0.15) is 40.5 Å². The molecule has 1 N–H and O–H groups in total. The van der Waals surface area contributed by atoms with E-state index in [1.165, 1.54) is 0 Å². The molecule has 0 aromatic carbocycles. The third-order valence-electron chi connectivity index (χ3n) is 2.36. The molecule has 0 radical (unpaired) electrons. The summed E-state index contributed by atoms with van der Waals surface area (Å²) in [6.45, 7) is 7.15. The van der Waals surface area contributed by atoms with Crippen LogP contribution >= 0.6 is 0 Å². The Balaban J connectivity index is 2.33. The van der Waals surface area contributed by atoms with E-state index in [0.717, 1.165) is 0 Å². The van der Waals surface area contributed by atoms with Crippen molar-refractivity contribution in [3.63, 3.8) is 0 Å². The Morgan fingerprint density at radius 1 is 1.46 bits per heavy atom. The van der Waals surface area contributed by atoms with Crippen molar-refractivity contribution in [1.29, 1.82) is 0 Å². The van der Waals surface area contributed by atoms with Crippen LogP contribution in [0, 0.1) is 5.41 Å². The van der Waals surface area contributed by atoms with Crippen molar-refractivity contribution in [2.45, 2.75) is 52.2 Å². The highest BCUT2D eigenvalue weighted by molar-refractivity contribution is 5.81. The van der Waals surface area contributed by atoms with Gasteiger partial charge in [0, 0.05) is 24.3 Å².